The van der Waals surface area contributed by atoms with Gasteiger partial charge in [0.25, 0.3) is 0 Å². The van der Waals surface area contributed by atoms with Gasteiger partial charge in [-0.25, -0.2) is 0 Å². The molecule has 1 heterocycles. The van der Waals surface area contributed by atoms with Crippen molar-refractivity contribution in [2.45, 2.75) is 13.0 Å². The smallest absolute Gasteiger partial charge is 0.0723 e. The molecule has 1 atom stereocenters. The second-order valence-electron chi connectivity index (χ2n) is 3.52. The van der Waals surface area contributed by atoms with Crippen molar-refractivity contribution in [3.8, 4) is 0 Å². The minimum absolute atomic E-state index is 0.198. The van der Waals surface area contributed by atoms with Crippen LogP contribution in [0.25, 0.3) is 0 Å². The Morgan fingerprint density at radius 2 is 1.88 bits per heavy atom. The summed E-state index contributed by atoms with van der Waals surface area (Å²) < 4.78 is 0. The molecule has 4 heteroatoms. The third kappa shape index (κ3) is 2.51. The summed E-state index contributed by atoms with van der Waals surface area (Å²) in [5.41, 5.74) is 2.03. The Bertz CT molecular complexity index is 448. The van der Waals surface area contributed by atoms with E-state index in [0.717, 1.165) is 5.69 Å². The first kappa shape index (κ1) is 11.8. The van der Waals surface area contributed by atoms with Crippen molar-refractivity contribution in [1.29, 1.82) is 0 Å². The van der Waals surface area contributed by atoms with E-state index in [0.29, 0.717) is 10.0 Å². The van der Waals surface area contributed by atoms with Gasteiger partial charge in [-0.05, 0) is 41.4 Å². The van der Waals surface area contributed by atoms with Gasteiger partial charge >= 0.3 is 0 Å². The first-order valence-corrected chi connectivity index (χ1v) is 6.61. The summed E-state index contributed by atoms with van der Waals surface area (Å²) in [6.45, 7) is 2.09. The standard InChI is InChI=1S/C12H11Cl2NS/c1-8(9-5-6-16-7-9)15-12-10(13)3-2-4-11(12)14/h2-8,15H,1H3. The molecule has 0 radical (unpaired) electrons. The molecule has 0 bridgehead atoms. The van der Waals surface area contributed by atoms with Crippen LogP contribution in [-0.2, 0) is 0 Å². The number of anilines is 1. The fraction of sp³-hybridized carbons (Fsp3) is 0.167. The molecule has 2 aromatic rings. The summed E-state index contributed by atoms with van der Waals surface area (Å²) in [6.07, 6.45) is 0. The van der Waals surface area contributed by atoms with Crippen molar-refractivity contribution in [3.63, 3.8) is 0 Å². The largest absolute Gasteiger partial charge is 0.376 e. The summed E-state index contributed by atoms with van der Waals surface area (Å²) in [5.74, 6) is 0. The molecule has 0 aliphatic heterocycles. The zero-order chi connectivity index (χ0) is 11.5. The van der Waals surface area contributed by atoms with Crippen molar-refractivity contribution < 1.29 is 0 Å². The van der Waals surface area contributed by atoms with E-state index in [4.69, 9.17) is 23.2 Å². The third-order valence-electron chi connectivity index (χ3n) is 2.37. The van der Waals surface area contributed by atoms with Crippen LogP contribution in [0.1, 0.15) is 18.5 Å². The van der Waals surface area contributed by atoms with Crippen LogP contribution in [0.2, 0.25) is 10.0 Å². The number of para-hydroxylation sites is 1. The highest BCUT2D eigenvalue weighted by atomic mass is 35.5. The van der Waals surface area contributed by atoms with Crippen LogP contribution in [-0.4, -0.2) is 0 Å². The van der Waals surface area contributed by atoms with Gasteiger partial charge in [0.05, 0.1) is 15.7 Å². The lowest BCUT2D eigenvalue weighted by Gasteiger charge is -2.16. The molecule has 1 nitrogen and oxygen atoms in total. The van der Waals surface area contributed by atoms with E-state index in [9.17, 15) is 0 Å². The number of hydrogen-bond acceptors (Lipinski definition) is 2. The number of thiophene rings is 1. The summed E-state index contributed by atoms with van der Waals surface area (Å²) in [6, 6.07) is 7.79. The van der Waals surface area contributed by atoms with Crippen LogP contribution in [0.3, 0.4) is 0 Å². The fourth-order valence-corrected chi connectivity index (χ4v) is 2.72. The quantitative estimate of drug-likeness (QED) is 0.806. The molecule has 16 heavy (non-hydrogen) atoms. The monoisotopic (exact) mass is 271 g/mol. The van der Waals surface area contributed by atoms with E-state index in [1.807, 2.05) is 18.2 Å². The first-order chi connectivity index (χ1) is 7.68. The summed E-state index contributed by atoms with van der Waals surface area (Å²) in [7, 11) is 0. The molecule has 0 saturated carbocycles. The molecule has 1 aromatic heterocycles. The van der Waals surface area contributed by atoms with E-state index >= 15 is 0 Å². The summed E-state index contributed by atoms with van der Waals surface area (Å²) in [4.78, 5) is 0. The van der Waals surface area contributed by atoms with Gasteiger partial charge < -0.3 is 5.32 Å². The third-order valence-corrected chi connectivity index (χ3v) is 3.70. The average Bonchev–Trinajstić information content (AvgIpc) is 2.76. The van der Waals surface area contributed by atoms with Gasteiger partial charge in [0.2, 0.25) is 0 Å². The normalized spacial score (nSPS) is 12.4. The maximum Gasteiger partial charge on any atom is 0.0723 e. The van der Waals surface area contributed by atoms with Crippen LogP contribution in [0, 0.1) is 0 Å². The second kappa shape index (κ2) is 5.09. The van der Waals surface area contributed by atoms with Crippen LogP contribution >= 0.6 is 34.5 Å². The number of halogens is 2. The van der Waals surface area contributed by atoms with E-state index in [1.54, 1.807) is 11.3 Å². The summed E-state index contributed by atoms with van der Waals surface area (Å²) in [5, 5.41) is 8.79. The SMILES string of the molecule is CC(Nc1c(Cl)cccc1Cl)c1ccsc1. The molecule has 0 fully saturated rings. The van der Waals surface area contributed by atoms with Crippen LogP contribution < -0.4 is 5.32 Å². The predicted octanol–water partition coefficient (Wildman–Crippen LogP) is 5.23. The Morgan fingerprint density at radius 1 is 1.19 bits per heavy atom. The fourth-order valence-electron chi connectivity index (χ4n) is 1.46. The minimum atomic E-state index is 0.198. The molecule has 2 rings (SSSR count). The topological polar surface area (TPSA) is 12.0 Å². The number of nitrogens with one attached hydrogen (secondary N) is 1. The highest BCUT2D eigenvalue weighted by molar-refractivity contribution is 7.08. The zero-order valence-electron chi connectivity index (χ0n) is 8.71. The molecule has 0 aliphatic rings. The average molecular weight is 272 g/mol. The van der Waals surface area contributed by atoms with Gasteiger partial charge in [0.1, 0.15) is 0 Å². The number of hydrogen-bond donors (Lipinski definition) is 1. The van der Waals surface area contributed by atoms with Gasteiger partial charge in [0.15, 0.2) is 0 Å². The Labute approximate surface area is 109 Å². The molecule has 1 aromatic carbocycles. The minimum Gasteiger partial charge on any atom is -0.376 e. The predicted molar refractivity (Wildman–Crippen MR) is 72.8 cm³/mol. The van der Waals surface area contributed by atoms with Crippen molar-refractivity contribution in [3.05, 3.63) is 50.6 Å². The molecule has 0 aliphatic carbocycles. The Balaban J connectivity index is 2.21. The van der Waals surface area contributed by atoms with E-state index in [1.165, 1.54) is 5.56 Å². The van der Waals surface area contributed by atoms with Crippen LogP contribution in [0.15, 0.2) is 35.0 Å². The van der Waals surface area contributed by atoms with Crippen molar-refractivity contribution in [1.82, 2.24) is 0 Å². The van der Waals surface area contributed by atoms with E-state index < -0.39 is 0 Å². The van der Waals surface area contributed by atoms with Gasteiger partial charge in [-0.3, -0.25) is 0 Å². The van der Waals surface area contributed by atoms with Crippen molar-refractivity contribution >= 4 is 40.2 Å². The first-order valence-electron chi connectivity index (χ1n) is 4.91. The molecule has 0 amide bonds. The van der Waals surface area contributed by atoms with Crippen LogP contribution in [0.4, 0.5) is 5.69 Å². The van der Waals surface area contributed by atoms with Gasteiger partial charge in [0, 0.05) is 6.04 Å². The lowest BCUT2D eigenvalue weighted by atomic mass is 10.1. The maximum absolute atomic E-state index is 6.09. The highest BCUT2D eigenvalue weighted by Crippen LogP contribution is 2.33. The number of rotatable bonds is 3. The summed E-state index contributed by atoms with van der Waals surface area (Å²) >= 11 is 13.9. The molecular formula is C12H11Cl2NS. The van der Waals surface area contributed by atoms with Crippen molar-refractivity contribution in [2.24, 2.45) is 0 Å². The molecule has 84 valence electrons. The lowest BCUT2D eigenvalue weighted by Crippen LogP contribution is -2.06. The molecule has 0 spiro atoms. The second-order valence-corrected chi connectivity index (χ2v) is 5.11. The van der Waals surface area contributed by atoms with Crippen molar-refractivity contribution in [2.75, 3.05) is 5.32 Å². The van der Waals surface area contributed by atoms with Crippen LogP contribution in [0.5, 0.6) is 0 Å². The zero-order valence-corrected chi connectivity index (χ0v) is 11.0. The Morgan fingerprint density at radius 3 is 2.44 bits per heavy atom. The van der Waals surface area contributed by atoms with Gasteiger partial charge in [-0.15, -0.1) is 0 Å². The maximum atomic E-state index is 6.09. The van der Waals surface area contributed by atoms with Gasteiger partial charge in [-0.2, -0.15) is 11.3 Å². The number of benzene rings is 1. The van der Waals surface area contributed by atoms with Gasteiger partial charge in [-0.1, -0.05) is 29.3 Å². The Hall–Kier alpha value is -0.700. The molecule has 1 N–H and O–H groups in total. The van der Waals surface area contributed by atoms with E-state index in [-0.39, 0.29) is 6.04 Å². The van der Waals surface area contributed by atoms with E-state index in [2.05, 4.69) is 29.1 Å². The molecule has 1 unspecified atom stereocenters. The highest BCUT2D eigenvalue weighted by Gasteiger charge is 2.10. The molecular weight excluding hydrogens is 261 g/mol. The Kier molecular flexibility index (Phi) is 3.74. The molecule has 0 saturated heterocycles. The lowest BCUT2D eigenvalue weighted by molar-refractivity contribution is 0.891.